The Morgan fingerprint density at radius 2 is 1.83 bits per heavy atom. The predicted molar refractivity (Wildman–Crippen MR) is 93.0 cm³/mol. The highest BCUT2D eigenvalue weighted by Crippen LogP contribution is 2.31. The first kappa shape index (κ1) is 17.8. The first-order valence-electron chi connectivity index (χ1n) is 6.40. The molecule has 0 unspecified atom stereocenters. The fraction of sp³-hybridized carbons (Fsp3) is 0.133. The van der Waals surface area contributed by atoms with Crippen LogP contribution in [0.25, 0.3) is 0 Å². The Morgan fingerprint density at radius 3 is 2.48 bits per heavy atom. The lowest BCUT2D eigenvalue weighted by atomic mass is 10.2. The van der Waals surface area contributed by atoms with E-state index in [2.05, 4.69) is 37.2 Å². The normalized spacial score (nSPS) is 11.2. The average Bonchev–Trinajstić information content (AvgIpc) is 2.48. The number of guanidine groups is 1. The fourth-order valence-electron chi connectivity index (χ4n) is 1.86. The van der Waals surface area contributed by atoms with Crippen LogP contribution in [-0.2, 0) is 6.18 Å². The standard InChI is InChI=1S/C15H12Br2F3N3/c1-23(13-8-10(16)5-6-12(13)17)14(21)22-11-4-2-3-9(7-11)15(18,19)20/h2-8H,1H3,(H2,21,22). The molecular weight excluding hydrogens is 439 g/mol. The van der Waals surface area contributed by atoms with Crippen molar-refractivity contribution in [3.8, 4) is 0 Å². The lowest BCUT2D eigenvalue weighted by Gasteiger charge is -2.22. The number of nitrogens with zero attached hydrogens (tertiary/aromatic N) is 1. The quantitative estimate of drug-likeness (QED) is 0.454. The van der Waals surface area contributed by atoms with Crippen LogP contribution in [0.2, 0.25) is 0 Å². The molecule has 0 fully saturated rings. The van der Waals surface area contributed by atoms with Gasteiger partial charge < -0.3 is 10.2 Å². The van der Waals surface area contributed by atoms with Crippen molar-refractivity contribution in [2.45, 2.75) is 6.18 Å². The minimum atomic E-state index is -4.42. The van der Waals surface area contributed by atoms with Gasteiger partial charge in [0.2, 0.25) is 0 Å². The SMILES string of the molecule is CN(C(=N)Nc1cccc(C(F)(F)F)c1)c1cc(Br)ccc1Br. The lowest BCUT2D eigenvalue weighted by Crippen LogP contribution is -2.32. The van der Waals surface area contributed by atoms with Crippen LogP contribution in [0.1, 0.15) is 5.56 Å². The second-order valence-electron chi connectivity index (χ2n) is 4.71. The van der Waals surface area contributed by atoms with Crippen LogP contribution < -0.4 is 10.2 Å². The van der Waals surface area contributed by atoms with Crippen LogP contribution in [0.3, 0.4) is 0 Å². The number of benzene rings is 2. The molecule has 0 heterocycles. The maximum Gasteiger partial charge on any atom is 0.416 e. The first-order valence-corrected chi connectivity index (χ1v) is 7.98. The van der Waals surface area contributed by atoms with Gasteiger partial charge in [-0.1, -0.05) is 22.0 Å². The summed E-state index contributed by atoms with van der Waals surface area (Å²) in [6.45, 7) is 0. The summed E-state index contributed by atoms with van der Waals surface area (Å²) in [5.74, 6) is -0.0527. The van der Waals surface area contributed by atoms with Crippen LogP contribution in [0, 0.1) is 5.41 Å². The van der Waals surface area contributed by atoms with Gasteiger partial charge in [0.1, 0.15) is 0 Å². The number of halogens is 5. The summed E-state index contributed by atoms with van der Waals surface area (Å²) >= 11 is 6.74. The molecule has 0 radical (unpaired) electrons. The molecule has 0 bridgehead atoms. The van der Waals surface area contributed by atoms with Gasteiger partial charge in [0, 0.05) is 21.7 Å². The topological polar surface area (TPSA) is 39.1 Å². The molecule has 2 N–H and O–H groups in total. The van der Waals surface area contributed by atoms with Crippen molar-refractivity contribution in [3.05, 3.63) is 57.0 Å². The highest BCUT2D eigenvalue weighted by molar-refractivity contribution is 9.11. The van der Waals surface area contributed by atoms with Gasteiger partial charge >= 0.3 is 6.18 Å². The van der Waals surface area contributed by atoms with E-state index in [9.17, 15) is 13.2 Å². The Kier molecular flexibility index (Phi) is 5.36. The fourth-order valence-corrected chi connectivity index (χ4v) is 2.72. The molecule has 8 heteroatoms. The zero-order valence-electron chi connectivity index (χ0n) is 11.9. The van der Waals surface area contributed by atoms with Gasteiger partial charge in [0.25, 0.3) is 0 Å². The largest absolute Gasteiger partial charge is 0.416 e. The van der Waals surface area contributed by atoms with Crippen LogP contribution >= 0.6 is 31.9 Å². The maximum absolute atomic E-state index is 12.7. The van der Waals surface area contributed by atoms with Gasteiger partial charge in [-0.15, -0.1) is 0 Å². The molecule has 3 nitrogen and oxygen atoms in total. The van der Waals surface area contributed by atoms with Crippen LogP contribution in [-0.4, -0.2) is 13.0 Å². The number of nitrogens with one attached hydrogen (secondary N) is 2. The van der Waals surface area contributed by atoms with Crippen LogP contribution in [0.5, 0.6) is 0 Å². The van der Waals surface area contributed by atoms with Crippen molar-refractivity contribution in [2.75, 3.05) is 17.3 Å². The third-order valence-electron chi connectivity index (χ3n) is 3.06. The molecule has 2 aromatic rings. The summed E-state index contributed by atoms with van der Waals surface area (Å²) in [4.78, 5) is 1.52. The summed E-state index contributed by atoms with van der Waals surface area (Å²) < 4.78 is 39.8. The van der Waals surface area contributed by atoms with E-state index >= 15 is 0 Å². The van der Waals surface area contributed by atoms with Gasteiger partial charge in [-0.25, -0.2) is 0 Å². The van der Waals surface area contributed by atoms with Crippen LogP contribution in [0.15, 0.2) is 51.4 Å². The summed E-state index contributed by atoms with van der Waals surface area (Å²) in [5, 5.41) is 10.7. The van der Waals surface area contributed by atoms with Crippen molar-refractivity contribution in [2.24, 2.45) is 0 Å². The predicted octanol–water partition coefficient (Wildman–Crippen LogP) is 5.71. The molecule has 0 aliphatic heterocycles. The molecular formula is C15H12Br2F3N3. The van der Waals surface area contributed by atoms with Crippen LogP contribution in [0.4, 0.5) is 24.5 Å². The maximum atomic E-state index is 12.7. The van der Waals surface area contributed by atoms with Crippen molar-refractivity contribution < 1.29 is 13.2 Å². The number of alkyl halides is 3. The molecule has 0 spiro atoms. The Balaban J connectivity index is 2.20. The number of rotatable bonds is 2. The van der Waals surface area contributed by atoms with Gasteiger partial charge in [-0.2, -0.15) is 13.2 Å². The van der Waals surface area contributed by atoms with E-state index in [1.54, 1.807) is 13.1 Å². The molecule has 0 aromatic heterocycles. The molecule has 0 amide bonds. The van der Waals surface area contributed by atoms with E-state index in [0.29, 0.717) is 5.69 Å². The number of anilines is 2. The molecule has 0 aliphatic carbocycles. The third-order valence-corrected chi connectivity index (χ3v) is 4.22. The molecule has 122 valence electrons. The number of hydrogen-bond acceptors (Lipinski definition) is 1. The summed E-state index contributed by atoms with van der Waals surface area (Å²) in [5.41, 5.74) is 0.133. The smallest absolute Gasteiger partial charge is 0.326 e. The molecule has 23 heavy (non-hydrogen) atoms. The zero-order chi connectivity index (χ0) is 17.2. The molecule has 0 aliphatic rings. The molecule has 0 atom stereocenters. The van der Waals surface area contributed by atoms with Gasteiger partial charge in [-0.3, -0.25) is 5.41 Å². The Labute approximate surface area is 148 Å². The van der Waals surface area contributed by atoms with E-state index < -0.39 is 11.7 Å². The van der Waals surface area contributed by atoms with Crippen molar-refractivity contribution in [1.82, 2.24) is 0 Å². The monoisotopic (exact) mass is 449 g/mol. The second-order valence-corrected chi connectivity index (χ2v) is 6.48. The molecule has 2 aromatic carbocycles. The third kappa shape index (κ3) is 4.48. The van der Waals surface area contributed by atoms with Crippen molar-refractivity contribution in [1.29, 1.82) is 5.41 Å². The average molecular weight is 451 g/mol. The van der Waals surface area contributed by atoms with Crippen molar-refractivity contribution in [3.63, 3.8) is 0 Å². The molecule has 0 saturated heterocycles. The van der Waals surface area contributed by atoms with Gasteiger partial charge in [-0.05, 0) is 52.3 Å². The minimum absolute atomic E-state index is 0.0527. The van der Waals surface area contributed by atoms with E-state index in [4.69, 9.17) is 5.41 Å². The van der Waals surface area contributed by atoms with Crippen molar-refractivity contribution >= 4 is 49.2 Å². The van der Waals surface area contributed by atoms with E-state index in [1.807, 2.05) is 12.1 Å². The Morgan fingerprint density at radius 1 is 1.13 bits per heavy atom. The van der Waals surface area contributed by atoms with E-state index in [-0.39, 0.29) is 11.6 Å². The summed E-state index contributed by atoms with van der Waals surface area (Å²) in [7, 11) is 1.65. The second kappa shape index (κ2) is 6.92. The molecule has 2 rings (SSSR count). The Bertz CT molecular complexity index is 732. The lowest BCUT2D eigenvalue weighted by molar-refractivity contribution is -0.137. The molecule has 0 saturated carbocycles. The minimum Gasteiger partial charge on any atom is -0.326 e. The van der Waals surface area contributed by atoms with E-state index in [0.717, 1.165) is 21.1 Å². The van der Waals surface area contributed by atoms with Gasteiger partial charge in [0.05, 0.1) is 11.3 Å². The number of hydrogen-bond donors (Lipinski definition) is 2. The highest BCUT2D eigenvalue weighted by Gasteiger charge is 2.30. The zero-order valence-corrected chi connectivity index (χ0v) is 15.1. The summed E-state index contributed by atoms with van der Waals surface area (Å²) in [6.07, 6.45) is -4.42. The highest BCUT2D eigenvalue weighted by atomic mass is 79.9. The summed E-state index contributed by atoms with van der Waals surface area (Å²) in [6, 6.07) is 10.2. The first-order chi connectivity index (χ1) is 10.7. The van der Waals surface area contributed by atoms with E-state index in [1.165, 1.54) is 17.0 Å². The van der Waals surface area contributed by atoms with Gasteiger partial charge in [0.15, 0.2) is 5.96 Å². The Hall–Kier alpha value is -1.54.